The van der Waals surface area contributed by atoms with Crippen LogP contribution in [0.1, 0.15) is 16.1 Å². The van der Waals surface area contributed by atoms with Crippen LogP contribution in [0.15, 0.2) is 30.5 Å². The van der Waals surface area contributed by atoms with Crippen LogP contribution < -0.4 is 9.47 Å². The van der Waals surface area contributed by atoms with Crippen molar-refractivity contribution in [2.24, 2.45) is 0 Å². The van der Waals surface area contributed by atoms with Gasteiger partial charge in [-0.2, -0.15) is 18.3 Å². The smallest absolute Gasteiger partial charge is 0.433 e. The van der Waals surface area contributed by atoms with Gasteiger partial charge >= 0.3 is 12.3 Å². The molecular formula is C21H20F3N5O5. The first kappa shape index (κ1) is 23.1. The molecule has 1 saturated heterocycles. The van der Waals surface area contributed by atoms with E-state index in [9.17, 15) is 22.8 Å². The fourth-order valence-corrected chi connectivity index (χ4v) is 3.73. The van der Waals surface area contributed by atoms with Gasteiger partial charge < -0.3 is 24.4 Å². The lowest BCUT2D eigenvalue weighted by atomic mass is 10.1. The zero-order chi connectivity index (χ0) is 24.6. The molecular weight excluding hydrogens is 459 g/mol. The largest absolute Gasteiger partial charge is 0.493 e. The van der Waals surface area contributed by atoms with E-state index in [-0.39, 0.29) is 43.1 Å². The van der Waals surface area contributed by atoms with Gasteiger partial charge in [-0.05, 0) is 24.3 Å². The summed E-state index contributed by atoms with van der Waals surface area (Å²) < 4.78 is 52.6. The lowest BCUT2D eigenvalue weighted by Gasteiger charge is -2.32. The third-order valence-electron chi connectivity index (χ3n) is 5.51. The number of alkyl halides is 3. The van der Waals surface area contributed by atoms with Gasteiger partial charge in [-0.15, -0.1) is 0 Å². The molecule has 0 saturated carbocycles. The minimum absolute atomic E-state index is 0.0361. The fourth-order valence-electron chi connectivity index (χ4n) is 3.73. The van der Waals surface area contributed by atoms with Gasteiger partial charge in [-0.25, -0.2) is 14.3 Å². The second-order valence-corrected chi connectivity index (χ2v) is 7.45. The van der Waals surface area contributed by atoms with Crippen LogP contribution in [-0.2, 0) is 6.18 Å². The Kier molecular flexibility index (Phi) is 5.94. The van der Waals surface area contributed by atoms with E-state index in [1.54, 1.807) is 0 Å². The second kappa shape index (κ2) is 8.72. The molecule has 0 bridgehead atoms. The second-order valence-electron chi connectivity index (χ2n) is 7.45. The van der Waals surface area contributed by atoms with Crippen molar-refractivity contribution < 1.29 is 37.3 Å². The van der Waals surface area contributed by atoms with Gasteiger partial charge in [0.15, 0.2) is 22.8 Å². The number of aromatic nitrogens is 3. The molecule has 0 radical (unpaired) electrons. The lowest BCUT2D eigenvalue weighted by Crippen LogP contribution is -2.50. The van der Waals surface area contributed by atoms with Crippen LogP contribution in [0.2, 0.25) is 0 Å². The number of piperazine rings is 1. The number of fused-ring (bicyclic) bond motifs is 1. The molecule has 3 heterocycles. The van der Waals surface area contributed by atoms with Crippen molar-refractivity contribution in [3.05, 3.63) is 41.7 Å². The van der Waals surface area contributed by atoms with E-state index >= 15 is 0 Å². The van der Waals surface area contributed by atoms with Crippen LogP contribution in [0.25, 0.3) is 16.9 Å². The average molecular weight is 479 g/mol. The molecule has 180 valence electrons. The van der Waals surface area contributed by atoms with Gasteiger partial charge in [0.25, 0.3) is 5.91 Å². The molecule has 2 amide bonds. The van der Waals surface area contributed by atoms with Crippen LogP contribution in [-0.4, -0.2) is 81.9 Å². The molecule has 1 aliphatic rings. The molecule has 1 aromatic carbocycles. The highest BCUT2D eigenvalue weighted by Gasteiger charge is 2.36. The molecule has 0 atom stereocenters. The predicted molar refractivity (Wildman–Crippen MR) is 112 cm³/mol. The van der Waals surface area contributed by atoms with E-state index in [1.165, 1.54) is 37.3 Å². The summed E-state index contributed by atoms with van der Waals surface area (Å²) in [5, 5.41) is 12.9. The van der Waals surface area contributed by atoms with Crippen molar-refractivity contribution in [2.45, 2.75) is 6.18 Å². The first-order valence-corrected chi connectivity index (χ1v) is 10.1. The third kappa shape index (κ3) is 4.16. The number of amides is 2. The predicted octanol–water partition coefficient (Wildman–Crippen LogP) is 2.87. The van der Waals surface area contributed by atoms with Crippen molar-refractivity contribution in [3.8, 4) is 22.8 Å². The number of benzene rings is 1. The summed E-state index contributed by atoms with van der Waals surface area (Å²) in [5.41, 5.74) is -1.19. The van der Waals surface area contributed by atoms with E-state index in [2.05, 4.69) is 10.1 Å². The molecule has 2 aromatic heterocycles. The monoisotopic (exact) mass is 479 g/mol. The number of hydrogen-bond acceptors (Lipinski definition) is 6. The highest BCUT2D eigenvalue weighted by molar-refractivity contribution is 6.00. The Balaban J connectivity index is 1.79. The van der Waals surface area contributed by atoms with Crippen LogP contribution in [0, 0.1) is 0 Å². The van der Waals surface area contributed by atoms with Gasteiger partial charge in [0.2, 0.25) is 0 Å². The highest BCUT2D eigenvalue weighted by atomic mass is 19.4. The molecule has 0 spiro atoms. The van der Waals surface area contributed by atoms with Crippen LogP contribution in [0.3, 0.4) is 0 Å². The molecule has 3 aromatic rings. The first-order valence-electron chi connectivity index (χ1n) is 10.1. The number of halogens is 3. The summed E-state index contributed by atoms with van der Waals surface area (Å²) in [6.07, 6.45) is -4.83. The Morgan fingerprint density at radius 2 is 1.65 bits per heavy atom. The lowest BCUT2D eigenvalue weighted by molar-refractivity contribution is -0.142. The maximum absolute atomic E-state index is 13.9. The van der Waals surface area contributed by atoms with Gasteiger partial charge in [0.1, 0.15) is 5.56 Å². The van der Waals surface area contributed by atoms with Gasteiger partial charge in [-0.3, -0.25) is 4.79 Å². The maximum atomic E-state index is 13.9. The number of nitrogens with zero attached hydrogens (tertiary/aromatic N) is 5. The quantitative estimate of drug-likeness (QED) is 0.613. The van der Waals surface area contributed by atoms with E-state index in [1.807, 2.05) is 0 Å². The summed E-state index contributed by atoms with van der Waals surface area (Å²) in [4.78, 5) is 31.0. The molecule has 1 N–H and O–H groups in total. The van der Waals surface area contributed by atoms with Crippen molar-refractivity contribution >= 4 is 17.6 Å². The topological polar surface area (TPSA) is 110 Å². The zero-order valence-corrected chi connectivity index (χ0v) is 18.2. The van der Waals surface area contributed by atoms with E-state index < -0.39 is 23.9 Å². The molecule has 0 unspecified atom stereocenters. The third-order valence-corrected chi connectivity index (χ3v) is 5.51. The molecule has 1 aliphatic heterocycles. The van der Waals surface area contributed by atoms with Crippen LogP contribution in [0.4, 0.5) is 18.0 Å². The Morgan fingerprint density at radius 3 is 2.24 bits per heavy atom. The van der Waals surface area contributed by atoms with E-state index in [0.717, 1.165) is 17.2 Å². The summed E-state index contributed by atoms with van der Waals surface area (Å²) in [7, 11) is 2.83. The molecule has 4 rings (SSSR count). The number of rotatable bonds is 4. The molecule has 0 aliphatic carbocycles. The normalized spacial score (nSPS) is 14.4. The Bertz CT molecular complexity index is 1250. The van der Waals surface area contributed by atoms with Crippen molar-refractivity contribution in [1.82, 2.24) is 24.4 Å². The molecule has 34 heavy (non-hydrogen) atoms. The summed E-state index contributed by atoms with van der Waals surface area (Å²) >= 11 is 0. The van der Waals surface area contributed by atoms with E-state index in [0.29, 0.717) is 21.6 Å². The van der Waals surface area contributed by atoms with Crippen LogP contribution in [0.5, 0.6) is 11.5 Å². The van der Waals surface area contributed by atoms with Crippen molar-refractivity contribution in [2.75, 3.05) is 40.4 Å². The fraction of sp³-hybridized carbons (Fsp3) is 0.333. The van der Waals surface area contributed by atoms with Gasteiger partial charge in [0, 0.05) is 31.7 Å². The van der Waals surface area contributed by atoms with Gasteiger partial charge in [0.05, 0.1) is 26.1 Å². The number of carbonyl (C=O) groups excluding carboxylic acids is 1. The molecule has 13 heteroatoms. The first-order chi connectivity index (χ1) is 16.1. The molecule has 10 nitrogen and oxygen atoms in total. The standard InChI is InChI=1S/C21H20F3N5O5/c1-33-15-4-3-12(9-16(15)34-2)14-10-17(21(22,23)24)29-18(26-14)13(11-25-29)19(30)27-5-7-28(8-6-27)20(31)32/h3-4,9-11H,5-8H2,1-2H3,(H,31,32). The van der Waals surface area contributed by atoms with Gasteiger partial charge in [-0.1, -0.05) is 0 Å². The maximum Gasteiger partial charge on any atom is 0.433 e. The number of ether oxygens (including phenoxy) is 2. The SMILES string of the molecule is COc1ccc(-c2cc(C(F)(F)F)n3ncc(C(=O)N4CCN(C(=O)O)CC4)c3n2)cc1OC. The van der Waals surface area contributed by atoms with Crippen molar-refractivity contribution in [3.63, 3.8) is 0 Å². The minimum atomic E-state index is -4.77. The Labute approximate surface area is 191 Å². The minimum Gasteiger partial charge on any atom is -0.493 e. The van der Waals surface area contributed by atoms with E-state index in [4.69, 9.17) is 14.6 Å². The Hall–Kier alpha value is -4.03. The highest BCUT2D eigenvalue weighted by Crippen LogP contribution is 2.36. The number of carboxylic acid groups (broad SMARTS) is 1. The summed E-state index contributed by atoms with van der Waals surface area (Å²) in [6.45, 7) is 0.394. The summed E-state index contributed by atoms with van der Waals surface area (Å²) in [5.74, 6) is 0.116. The van der Waals surface area contributed by atoms with Crippen LogP contribution >= 0.6 is 0 Å². The number of hydrogen-bond donors (Lipinski definition) is 1. The summed E-state index contributed by atoms with van der Waals surface area (Å²) in [6, 6.07) is 5.41. The number of methoxy groups -OCH3 is 2. The molecule has 1 fully saturated rings. The Morgan fingerprint density at radius 1 is 1.00 bits per heavy atom. The number of carbonyl (C=O) groups is 2. The zero-order valence-electron chi connectivity index (χ0n) is 18.2. The van der Waals surface area contributed by atoms with Crippen molar-refractivity contribution in [1.29, 1.82) is 0 Å². The average Bonchev–Trinajstić information content (AvgIpc) is 3.25.